The SMILES string of the molecule is C=CCn1c(S[C@@H](C)C(=O)NCC)nc2scc(-c3ccc(C)cc3)c2c1=O. The van der Waals surface area contributed by atoms with E-state index >= 15 is 0 Å². The van der Waals surface area contributed by atoms with Crippen LogP contribution < -0.4 is 10.9 Å². The molecule has 1 amide bonds. The highest BCUT2D eigenvalue weighted by molar-refractivity contribution is 8.00. The summed E-state index contributed by atoms with van der Waals surface area (Å²) in [5.41, 5.74) is 2.96. The summed E-state index contributed by atoms with van der Waals surface area (Å²) >= 11 is 2.74. The van der Waals surface area contributed by atoms with Crippen molar-refractivity contribution in [3.05, 3.63) is 58.2 Å². The van der Waals surface area contributed by atoms with Crippen LogP contribution in [0.2, 0.25) is 0 Å². The summed E-state index contributed by atoms with van der Waals surface area (Å²) in [6.07, 6.45) is 1.67. The highest BCUT2D eigenvalue weighted by Crippen LogP contribution is 2.33. The number of thioether (sulfide) groups is 1. The number of aromatic nitrogens is 2. The zero-order chi connectivity index (χ0) is 20.3. The van der Waals surface area contributed by atoms with Gasteiger partial charge in [0, 0.05) is 24.0 Å². The summed E-state index contributed by atoms with van der Waals surface area (Å²) in [6.45, 7) is 10.4. The van der Waals surface area contributed by atoms with E-state index in [2.05, 4.69) is 11.9 Å². The number of nitrogens with zero attached hydrogens (tertiary/aromatic N) is 2. The first-order chi connectivity index (χ1) is 13.5. The molecule has 0 bridgehead atoms. The largest absolute Gasteiger partial charge is 0.355 e. The maximum absolute atomic E-state index is 13.3. The minimum absolute atomic E-state index is 0.0708. The molecule has 5 nitrogen and oxygen atoms in total. The average molecular weight is 414 g/mol. The Bertz CT molecular complexity index is 1070. The Morgan fingerprint density at radius 2 is 2.11 bits per heavy atom. The molecule has 0 saturated heterocycles. The van der Waals surface area contributed by atoms with Crippen LogP contribution >= 0.6 is 23.1 Å². The monoisotopic (exact) mass is 413 g/mol. The van der Waals surface area contributed by atoms with Gasteiger partial charge in [-0.05, 0) is 26.3 Å². The predicted molar refractivity (Wildman–Crippen MR) is 118 cm³/mol. The zero-order valence-electron chi connectivity index (χ0n) is 16.2. The maximum Gasteiger partial charge on any atom is 0.263 e. The second-order valence-electron chi connectivity index (χ2n) is 6.45. The van der Waals surface area contributed by atoms with Gasteiger partial charge in [-0.1, -0.05) is 47.7 Å². The molecule has 2 aromatic heterocycles. The number of aryl methyl sites for hydroxylation is 1. The van der Waals surface area contributed by atoms with E-state index in [1.165, 1.54) is 28.7 Å². The van der Waals surface area contributed by atoms with Crippen molar-refractivity contribution in [2.75, 3.05) is 6.54 Å². The normalized spacial score (nSPS) is 12.1. The molecule has 0 spiro atoms. The van der Waals surface area contributed by atoms with Gasteiger partial charge < -0.3 is 5.32 Å². The van der Waals surface area contributed by atoms with Crippen LogP contribution in [0.3, 0.4) is 0 Å². The van der Waals surface area contributed by atoms with Crippen LogP contribution in [0.15, 0.2) is 52.3 Å². The molecule has 0 saturated carbocycles. The van der Waals surface area contributed by atoms with Crippen molar-refractivity contribution in [3.63, 3.8) is 0 Å². The standard InChI is InChI=1S/C21H23N3O2S2/c1-5-11-24-20(26)17-16(15-9-7-13(3)8-10-15)12-27-19(17)23-21(24)28-14(4)18(25)22-6-2/h5,7-10,12,14H,1,6,11H2,2-4H3,(H,22,25)/t14-/m0/s1. The first-order valence-corrected chi connectivity index (χ1v) is 10.9. The van der Waals surface area contributed by atoms with E-state index in [1.54, 1.807) is 10.6 Å². The Labute approximate surface area is 172 Å². The second kappa shape index (κ2) is 8.75. The van der Waals surface area contributed by atoms with Crippen LogP contribution in [-0.2, 0) is 11.3 Å². The fourth-order valence-corrected chi connectivity index (χ4v) is 4.79. The lowest BCUT2D eigenvalue weighted by Crippen LogP contribution is -2.31. The molecule has 0 aliphatic heterocycles. The number of allylic oxidation sites excluding steroid dienone is 1. The number of carbonyl (C=O) groups is 1. The zero-order valence-corrected chi connectivity index (χ0v) is 17.8. The van der Waals surface area contributed by atoms with Gasteiger partial charge in [0.1, 0.15) is 4.83 Å². The van der Waals surface area contributed by atoms with Gasteiger partial charge >= 0.3 is 0 Å². The molecular formula is C21H23N3O2S2. The minimum Gasteiger partial charge on any atom is -0.355 e. The summed E-state index contributed by atoms with van der Waals surface area (Å²) in [7, 11) is 0. The van der Waals surface area contributed by atoms with Crippen LogP contribution in [0.4, 0.5) is 0 Å². The van der Waals surface area contributed by atoms with E-state index in [-0.39, 0.29) is 16.7 Å². The number of amides is 1. The number of fused-ring (bicyclic) bond motifs is 1. The minimum atomic E-state index is -0.350. The third-order valence-electron chi connectivity index (χ3n) is 4.34. The fourth-order valence-electron chi connectivity index (χ4n) is 2.86. The molecule has 28 heavy (non-hydrogen) atoms. The summed E-state index contributed by atoms with van der Waals surface area (Å²) in [5.74, 6) is -0.0708. The average Bonchev–Trinajstić information content (AvgIpc) is 3.09. The van der Waals surface area contributed by atoms with E-state index in [0.717, 1.165) is 11.1 Å². The molecule has 1 N–H and O–H groups in total. The number of carbonyl (C=O) groups excluding carboxylic acids is 1. The Kier molecular flexibility index (Phi) is 6.36. The lowest BCUT2D eigenvalue weighted by atomic mass is 10.1. The molecule has 0 radical (unpaired) electrons. The molecule has 1 atom stereocenters. The molecule has 0 aliphatic carbocycles. The Hall–Kier alpha value is -2.38. The van der Waals surface area contributed by atoms with Gasteiger partial charge in [-0.15, -0.1) is 17.9 Å². The molecule has 7 heteroatoms. The van der Waals surface area contributed by atoms with Crippen LogP contribution in [-0.4, -0.2) is 27.3 Å². The number of hydrogen-bond donors (Lipinski definition) is 1. The van der Waals surface area contributed by atoms with Crippen molar-refractivity contribution in [2.24, 2.45) is 0 Å². The summed E-state index contributed by atoms with van der Waals surface area (Å²) in [4.78, 5) is 30.8. The molecule has 0 fully saturated rings. The fraction of sp³-hybridized carbons (Fsp3) is 0.286. The van der Waals surface area contributed by atoms with Crippen molar-refractivity contribution in [3.8, 4) is 11.1 Å². The lowest BCUT2D eigenvalue weighted by Gasteiger charge is -2.14. The van der Waals surface area contributed by atoms with Crippen molar-refractivity contribution in [1.82, 2.24) is 14.9 Å². The number of hydrogen-bond acceptors (Lipinski definition) is 5. The van der Waals surface area contributed by atoms with E-state index in [9.17, 15) is 9.59 Å². The van der Waals surface area contributed by atoms with Crippen LogP contribution in [0.1, 0.15) is 19.4 Å². The smallest absolute Gasteiger partial charge is 0.263 e. The molecule has 2 heterocycles. The third kappa shape index (κ3) is 4.05. The lowest BCUT2D eigenvalue weighted by molar-refractivity contribution is -0.120. The highest BCUT2D eigenvalue weighted by Gasteiger charge is 2.21. The summed E-state index contributed by atoms with van der Waals surface area (Å²) < 4.78 is 1.60. The Morgan fingerprint density at radius 3 is 2.75 bits per heavy atom. The van der Waals surface area contributed by atoms with Crippen molar-refractivity contribution >= 4 is 39.2 Å². The van der Waals surface area contributed by atoms with Gasteiger partial charge in [0.15, 0.2) is 5.16 Å². The molecule has 146 valence electrons. The molecule has 0 unspecified atom stereocenters. The van der Waals surface area contributed by atoms with Crippen LogP contribution in [0.5, 0.6) is 0 Å². The number of rotatable bonds is 7. The first kappa shape index (κ1) is 20.4. The van der Waals surface area contributed by atoms with Crippen molar-refractivity contribution < 1.29 is 4.79 Å². The molecule has 3 rings (SSSR count). The number of thiophene rings is 1. The van der Waals surface area contributed by atoms with Crippen LogP contribution in [0, 0.1) is 6.92 Å². The molecular weight excluding hydrogens is 390 g/mol. The van der Waals surface area contributed by atoms with Crippen molar-refractivity contribution in [2.45, 2.75) is 37.7 Å². The van der Waals surface area contributed by atoms with Gasteiger partial charge in [0.25, 0.3) is 5.56 Å². The van der Waals surface area contributed by atoms with E-state index in [1.807, 2.05) is 50.4 Å². The van der Waals surface area contributed by atoms with Crippen molar-refractivity contribution in [1.29, 1.82) is 0 Å². The Balaban J connectivity index is 2.11. The second-order valence-corrected chi connectivity index (χ2v) is 8.62. The van der Waals surface area contributed by atoms with Gasteiger partial charge in [-0.25, -0.2) is 4.98 Å². The Morgan fingerprint density at radius 1 is 1.39 bits per heavy atom. The van der Waals surface area contributed by atoms with Gasteiger partial charge in [0.2, 0.25) is 5.91 Å². The highest BCUT2D eigenvalue weighted by atomic mass is 32.2. The quantitative estimate of drug-likeness (QED) is 0.358. The van der Waals surface area contributed by atoms with E-state index < -0.39 is 0 Å². The predicted octanol–water partition coefficient (Wildman–Crippen LogP) is 4.24. The van der Waals surface area contributed by atoms with Gasteiger partial charge in [0.05, 0.1) is 10.6 Å². The number of benzene rings is 1. The number of nitrogens with one attached hydrogen (secondary N) is 1. The molecule has 3 aromatic rings. The maximum atomic E-state index is 13.3. The van der Waals surface area contributed by atoms with Gasteiger partial charge in [-0.2, -0.15) is 0 Å². The third-order valence-corrected chi connectivity index (χ3v) is 6.30. The van der Waals surface area contributed by atoms with Crippen LogP contribution in [0.25, 0.3) is 21.3 Å². The topological polar surface area (TPSA) is 64.0 Å². The summed E-state index contributed by atoms with van der Waals surface area (Å²) in [6, 6.07) is 8.11. The molecule has 1 aromatic carbocycles. The van der Waals surface area contributed by atoms with E-state index in [4.69, 9.17) is 4.98 Å². The van der Waals surface area contributed by atoms with E-state index in [0.29, 0.717) is 28.5 Å². The van der Waals surface area contributed by atoms with Gasteiger partial charge in [-0.3, -0.25) is 14.2 Å². The summed E-state index contributed by atoms with van der Waals surface area (Å²) in [5, 5.41) is 5.58. The molecule has 0 aliphatic rings. The first-order valence-electron chi connectivity index (χ1n) is 9.10.